The highest BCUT2D eigenvalue weighted by Crippen LogP contribution is 2.12. The zero-order chi connectivity index (χ0) is 17.4. The molecule has 0 spiro atoms. The molecule has 7 nitrogen and oxygen atoms in total. The zero-order valence-corrected chi connectivity index (χ0v) is 17.8. The second-order valence-electron chi connectivity index (χ2n) is 5.54. The van der Waals surface area contributed by atoms with E-state index in [9.17, 15) is 8.42 Å². The van der Waals surface area contributed by atoms with Gasteiger partial charge in [-0.2, -0.15) is 0 Å². The highest BCUT2D eigenvalue weighted by Gasteiger charge is 2.27. The maximum atomic E-state index is 11.8. The number of methoxy groups -OCH3 is 1. The smallest absolute Gasteiger partial charge is 0.214 e. The average molecular weight is 482 g/mol. The van der Waals surface area contributed by atoms with Crippen molar-refractivity contribution in [1.29, 1.82) is 0 Å². The highest BCUT2D eigenvalue weighted by molar-refractivity contribution is 14.0. The summed E-state index contributed by atoms with van der Waals surface area (Å²) in [6.45, 7) is 4.90. The number of sulfonamides is 1. The Hall–Kier alpha value is -1.07. The Kier molecular flexibility index (Phi) is 9.51. The van der Waals surface area contributed by atoms with Gasteiger partial charge in [-0.3, -0.25) is 0 Å². The van der Waals surface area contributed by atoms with Crippen LogP contribution in [0.25, 0.3) is 0 Å². The van der Waals surface area contributed by atoms with E-state index in [1.807, 2.05) is 31.2 Å². The van der Waals surface area contributed by atoms with Crippen molar-refractivity contribution >= 4 is 40.0 Å². The third kappa shape index (κ3) is 6.98. The van der Waals surface area contributed by atoms with Crippen molar-refractivity contribution in [2.75, 3.05) is 39.0 Å². The van der Waals surface area contributed by atoms with Gasteiger partial charge in [0.15, 0.2) is 5.96 Å². The first-order valence-corrected chi connectivity index (χ1v) is 9.79. The van der Waals surface area contributed by atoms with Gasteiger partial charge in [0.05, 0.1) is 19.4 Å². The van der Waals surface area contributed by atoms with Gasteiger partial charge in [-0.1, -0.05) is 12.1 Å². The highest BCUT2D eigenvalue weighted by atomic mass is 127. The lowest BCUT2D eigenvalue weighted by Gasteiger charge is -2.16. The third-order valence-corrected chi connectivity index (χ3v) is 5.74. The molecule has 0 radical (unpaired) electrons. The predicted octanol–water partition coefficient (Wildman–Crippen LogP) is 1.40. The van der Waals surface area contributed by atoms with Crippen LogP contribution in [0.15, 0.2) is 29.3 Å². The van der Waals surface area contributed by atoms with E-state index in [1.54, 1.807) is 7.11 Å². The minimum absolute atomic E-state index is 0. The first-order chi connectivity index (χ1) is 11.5. The first-order valence-electron chi connectivity index (χ1n) is 8.18. The van der Waals surface area contributed by atoms with Gasteiger partial charge < -0.3 is 15.4 Å². The van der Waals surface area contributed by atoms with Crippen LogP contribution in [-0.2, 0) is 16.6 Å². The van der Waals surface area contributed by atoms with Crippen molar-refractivity contribution in [1.82, 2.24) is 14.9 Å². The molecule has 9 heteroatoms. The summed E-state index contributed by atoms with van der Waals surface area (Å²) in [6.07, 6.45) is 0.716. The van der Waals surface area contributed by atoms with Gasteiger partial charge in [0, 0.05) is 26.2 Å². The standard InChI is InChI=1S/C16H26N4O3S.HI/c1-3-17-16(18-9-11-20-10-4-12-24(20,21)22)19-13-14-5-7-15(23-2)8-6-14;/h5-8H,3-4,9-13H2,1-2H3,(H2,17,18,19);1H. The Morgan fingerprint density at radius 3 is 2.56 bits per heavy atom. The number of benzene rings is 1. The van der Waals surface area contributed by atoms with Crippen LogP contribution < -0.4 is 15.4 Å². The van der Waals surface area contributed by atoms with Crippen molar-refractivity contribution in [3.63, 3.8) is 0 Å². The maximum absolute atomic E-state index is 11.8. The summed E-state index contributed by atoms with van der Waals surface area (Å²) in [6, 6.07) is 7.76. The minimum atomic E-state index is -3.04. The molecule has 0 unspecified atom stereocenters. The number of aliphatic imine (C=N–C) groups is 1. The number of ether oxygens (including phenoxy) is 1. The van der Waals surface area contributed by atoms with Crippen LogP contribution in [-0.4, -0.2) is 57.7 Å². The van der Waals surface area contributed by atoms with Crippen LogP contribution >= 0.6 is 24.0 Å². The van der Waals surface area contributed by atoms with Crippen LogP contribution in [0.4, 0.5) is 0 Å². The summed E-state index contributed by atoms with van der Waals surface area (Å²) in [5, 5.41) is 6.35. The number of nitrogens with zero attached hydrogens (tertiary/aromatic N) is 2. The maximum Gasteiger partial charge on any atom is 0.214 e. The largest absolute Gasteiger partial charge is 0.497 e. The molecule has 1 aliphatic heterocycles. The molecule has 1 heterocycles. The lowest BCUT2D eigenvalue weighted by atomic mass is 10.2. The zero-order valence-electron chi connectivity index (χ0n) is 14.7. The van der Waals surface area contributed by atoms with Crippen LogP contribution in [0.2, 0.25) is 0 Å². The van der Waals surface area contributed by atoms with Crippen LogP contribution in [0.1, 0.15) is 18.9 Å². The molecule has 1 fully saturated rings. The molecule has 0 amide bonds. The van der Waals surface area contributed by atoms with Gasteiger partial charge >= 0.3 is 0 Å². The number of nitrogens with one attached hydrogen (secondary N) is 2. The molecule has 142 valence electrons. The van der Waals surface area contributed by atoms with Crippen molar-refractivity contribution in [3.8, 4) is 5.75 Å². The average Bonchev–Trinajstić information content (AvgIpc) is 2.91. The lowest BCUT2D eigenvalue weighted by molar-refractivity contribution is 0.414. The molecular weight excluding hydrogens is 455 g/mol. The topological polar surface area (TPSA) is 83.0 Å². The van der Waals surface area contributed by atoms with Crippen molar-refractivity contribution in [2.45, 2.75) is 19.9 Å². The predicted molar refractivity (Wildman–Crippen MR) is 111 cm³/mol. The minimum Gasteiger partial charge on any atom is -0.497 e. The molecule has 0 bridgehead atoms. The first kappa shape index (κ1) is 22.0. The van der Waals surface area contributed by atoms with E-state index in [2.05, 4.69) is 15.6 Å². The normalized spacial score (nSPS) is 17.0. The molecule has 1 aromatic rings. The fraction of sp³-hybridized carbons (Fsp3) is 0.562. The molecule has 0 saturated carbocycles. The third-order valence-electron chi connectivity index (χ3n) is 3.78. The van der Waals surface area contributed by atoms with E-state index < -0.39 is 10.0 Å². The summed E-state index contributed by atoms with van der Waals surface area (Å²) < 4.78 is 30.2. The second kappa shape index (κ2) is 10.8. The molecule has 1 saturated heterocycles. The fourth-order valence-electron chi connectivity index (χ4n) is 2.48. The molecular formula is C16H27IN4O3S. The summed E-state index contributed by atoms with van der Waals surface area (Å²) in [5.41, 5.74) is 1.08. The van der Waals surface area contributed by atoms with E-state index in [0.29, 0.717) is 38.6 Å². The van der Waals surface area contributed by atoms with Crippen LogP contribution in [0, 0.1) is 0 Å². The monoisotopic (exact) mass is 482 g/mol. The lowest BCUT2D eigenvalue weighted by Crippen LogP contribution is -2.42. The Labute approximate surface area is 167 Å². The van der Waals surface area contributed by atoms with Gasteiger partial charge in [0.2, 0.25) is 10.0 Å². The Morgan fingerprint density at radius 2 is 2.00 bits per heavy atom. The Bertz CT molecular complexity index is 650. The molecule has 0 aliphatic carbocycles. The quantitative estimate of drug-likeness (QED) is 0.349. The number of rotatable bonds is 7. The SMILES string of the molecule is CCNC(=NCc1ccc(OC)cc1)NCCN1CCCS1(=O)=O.I. The number of hydrogen-bond donors (Lipinski definition) is 2. The molecule has 1 aliphatic rings. The van der Waals surface area contributed by atoms with Gasteiger partial charge in [0.25, 0.3) is 0 Å². The summed E-state index contributed by atoms with van der Waals surface area (Å²) >= 11 is 0. The molecule has 0 atom stereocenters. The molecule has 2 N–H and O–H groups in total. The number of halogens is 1. The van der Waals surface area contributed by atoms with E-state index in [1.165, 1.54) is 4.31 Å². The van der Waals surface area contributed by atoms with Crippen molar-refractivity contribution in [2.24, 2.45) is 4.99 Å². The van der Waals surface area contributed by atoms with Gasteiger partial charge in [-0.15, -0.1) is 24.0 Å². The molecule has 0 aromatic heterocycles. The van der Waals surface area contributed by atoms with E-state index in [4.69, 9.17) is 4.74 Å². The fourth-order valence-corrected chi connectivity index (χ4v) is 4.01. The van der Waals surface area contributed by atoms with E-state index in [-0.39, 0.29) is 29.7 Å². The van der Waals surface area contributed by atoms with E-state index in [0.717, 1.165) is 17.9 Å². The molecule has 25 heavy (non-hydrogen) atoms. The van der Waals surface area contributed by atoms with E-state index >= 15 is 0 Å². The summed E-state index contributed by atoms with van der Waals surface area (Å²) in [5.74, 6) is 1.77. The number of hydrogen-bond acceptors (Lipinski definition) is 4. The second-order valence-corrected chi connectivity index (χ2v) is 7.63. The van der Waals surface area contributed by atoms with Gasteiger partial charge in [-0.05, 0) is 31.0 Å². The number of guanidine groups is 1. The van der Waals surface area contributed by atoms with Crippen LogP contribution in [0.5, 0.6) is 5.75 Å². The summed E-state index contributed by atoms with van der Waals surface area (Å²) in [7, 11) is -1.40. The van der Waals surface area contributed by atoms with Gasteiger partial charge in [0.1, 0.15) is 5.75 Å². The Morgan fingerprint density at radius 1 is 1.28 bits per heavy atom. The molecule has 2 rings (SSSR count). The van der Waals surface area contributed by atoms with Crippen molar-refractivity contribution in [3.05, 3.63) is 29.8 Å². The molecule has 1 aromatic carbocycles. The van der Waals surface area contributed by atoms with Crippen molar-refractivity contribution < 1.29 is 13.2 Å². The Balaban J connectivity index is 0.00000312. The van der Waals surface area contributed by atoms with Gasteiger partial charge in [-0.25, -0.2) is 17.7 Å². The summed E-state index contributed by atoms with van der Waals surface area (Å²) in [4.78, 5) is 4.53. The van der Waals surface area contributed by atoms with Crippen LogP contribution in [0.3, 0.4) is 0 Å².